The number of hydrogen-bond acceptors (Lipinski definition) is 4. The topological polar surface area (TPSA) is 59.2 Å². The van der Waals surface area contributed by atoms with E-state index in [0.29, 0.717) is 17.0 Å². The van der Waals surface area contributed by atoms with Crippen molar-refractivity contribution >= 4 is 11.1 Å². The van der Waals surface area contributed by atoms with Gasteiger partial charge in [0.05, 0.1) is 11.1 Å². The minimum Gasteiger partial charge on any atom is -0.507 e. The van der Waals surface area contributed by atoms with Gasteiger partial charge in [0.2, 0.25) is 5.89 Å². The van der Waals surface area contributed by atoms with E-state index in [0.717, 1.165) is 27.9 Å². The zero-order valence-corrected chi connectivity index (χ0v) is 24.3. The van der Waals surface area contributed by atoms with Gasteiger partial charge in [-0.15, -0.1) is 29.3 Å². The van der Waals surface area contributed by atoms with Gasteiger partial charge in [-0.1, -0.05) is 83.0 Å². The fourth-order valence-corrected chi connectivity index (χ4v) is 4.27. The van der Waals surface area contributed by atoms with Gasteiger partial charge in [0, 0.05) is 33.0 Å². The van der Waals surface area contributed by atoms with Crippen molar-refractivity contribution in [2.45, 2.75) is 52.4 Å². The number of fused-ring (bicyclic) bond motifs is 1. The van der Waals surface area contributed by atoms with E-state index in [4.69, 9.17) is 14.4 Å². The van der Waals surface area contributed by atoms with Crippen LogP contribution < -0.4 is 0 Å². The van der Waals surface area contributed by atoms with Crippen LogP contribution in [0.15, 0.2) is 77.3 Å². The van der Waals surface area contributed by atoms with E-state index >= 15 is 0 Å². The summed E-state index contributed by atoms with van der Waals surface area (Å²) in [4.78, 5) is 9.50. The first-order valence-corrected chi connectivity index (χ1v) is 12.2. The van der Waals surface area contributed by atoms with Crippen LogP contribution in [0.2, 0.25) is 0 Å². The first-order chi connectivity index (χ1) is 17.0. The number of aromatic nitrogens is 2. The molecule has 1 N–H and O–H groups in total. The minimum atomic E-state index is -0.0705. The molecule has 5 heteroatoms. The Morgan fingerprint density at radius 1 is 0.757 bits per heavy atom. The molecule has 0 fully saturated rings. The van der Waals surface area contributed by atoms with Crippen LogP contribution in [-0.4, -0.2) is 15.1 Å². The molecule has 0 aliphatic rings. The molecule has 0 spiro atoms. The Kier molecular flexibility index (Phi) is 7.18. The van der Waals surface area contributed by atoms with Gasteiger partial charge in [0.15, 0.2) is 0 Å². The Bertz CT molecular complexity index is 1570. The van der Waals surface area contributed by atoms with Gasteiger partial charge < -0.3 is 9.52 Å². The van der Waals surface area contributed by atoms with Crippen molar-refractivity contribution in [2.75, 3.05) is 0 Å². The average Bonchev–Trinajstić information content (AvgIpc) is 3.27. The molecule has 0 unspecified atom stereocenters. The van der Waals surface area contributed by atoms with Crippen molar-refractivity contribution in [3.63, 3.8) is 0 Å². The average molecular weight is 671 g/mol. The molecule has 192 valence electrons. The van der Waals surface area contributed by atoms with E-state index in [1.807, 2.05) is 30.5 Å². The summed E-state index contributed by atoms with van der Waals surface area (Å²) < 4.78 is 6.07. The summed E-state index contributed by atoms with van der Waals surface area (Å²) in [5.41, 5.74) is 8.05. The smallest absolute Gasteiger partial charge is 0.230 e. The third kappa shape index (κ3) is 5.40. The molecule has 2 heterocycles. The van der Waals surface area contributed by atoms with Gasteiger partial charge in [-0.2, -0.15) is 0 Å². The molecular weight excluding hydrogens is 639 g/mol. The maximum Gasteiger partial charge on any atom is 0.230 e. The molecule has 0 bridgehead atoms. The molecule has 2 aromatic heterocycles. The van der Waals surface area contributed by atoms with E-state index in [9.17, 15) is 5.11 Å². The quantitative estimate of drug-likeness (QED) is 0.196. The number of phenolic OH excluding ortho intramolecular Hbond substituents is 1. The van der Waals surface area contributed by atoms with Gasteiger partial charge in [0.1, 0.15) is 11.3 Å². The summed E-state index contributed by atoms with van der Waals surface area (Å²) in [6.07, 6.45) is 1.88. The normalized spacial score (nSPS) is 11.9. The van der Waals surface area contributed by atoms with E-state index < -0.39 is 0 Å². The molecule has 4 nitrogen and oxygen atoms in total. The third-order valence-corrected chi connectivity index (χ3v) is 6.48. The summed E-state index contributed by atoms with van der Waals surface area (Å²) in [5, 5.41) is 10.3. The fraction of sp³-hybridized carbons (Fsp3) is 0.250. The van der Waals surface area contributed by atoms with Crippen molar-refractivity contribution in [1.82, 2.24) is 9.97 Å². The number of benzene rings is 3. The molecule has 0 saturated heterocycles. The molecule has 37 heavy (non-hydrogen) atoms. The Balaban J connectivity index is 0.00000320. The molecule has 5 rings (SSSR count). The standard InChI is InChI=1S/C32H31N2O2.Pt/c1-31(2,3)22-14-15-33-26(19-22)21-16-20(17-23(18-21)32(4,5)6)24-11-9-13-28-29(24)34-30(36-28)25-10-7-8-12-27(25)35;/h7-15,17-19,35H,1-6H3;/q-1;. The fourth-order valence-electron chi connectivity index (χ4n) is 4.27. The maximum absolute atomic E-state index is 10.3. The van der Waals surface area contributed by atoms with Crippen LogP contribution in [0, 0.1) is 6.07 Å². The van der Waals surface area contributed by atoms with Crippen molar-refractivity contribution < 1.29 is 30.6 Å². The van der Waals surface area contributed by atoms with Crippen molar-refractivity contribution in [3.05, 3.63) is 90.1 Å². The van der Waals surface area contributed by atoms with Gasteiger partial charge >= 0.3 is 0 Å². The Hall–Kier alpha value is -3.23. The predicted octanol–water partition coefficient (Wildman–Crippen LogP) is 8.32. The largest absolute Gasteiger partial charge is 0.507 e. The predicted molar refractivity (Wildman–Crippen MR) is 146 cm³/mol. The van der Waals surface area contributed by atoms with Crippen LogP contribution in [0.5, 0.6) is 5.75 Å². The maximum atomic E-state index is 10.3. The third-order valence-electron chi connectivity index (χ3n) is 6.48. The van der Waals surface area contributed by atoms with E-state index in [1.165, 1.54) is 11.1 Å². The van der Waals surface area contributed by atoms with E-state index in [-0.39, 0.29) is 37.6 Å². The number of rotatable bonds is 3. The monoisotopic (exact) mass is 670 g/mol. The van der Waals surface area contributed by atoms with E-state index in [1.54, 1.807) is 18.2 Å². The van der Waals surface area contributed by atoms with Crippen molar-refractivity contribution in [3.8, 4) is 39.6 Å². The molecule has 0 atom stereocenters. The van der Waals surface area contributed by atoms with Crippen LogP contribution in [0.3, 0.4) is 0 Å². The first-order valence-electron chi connectivity index (χ1n) is 12.2. The first kappa shape index (κ1) is 26.8. The molecule has 0 radical (unpaired) electrons. The molecule has 3 aromatic carbocycles. The van der Waals surface area contributed by atoms with Crippen molar-refractivity contribution in [2.24, 2.45) is 0 Å². The van der Waals surface area contributed by atoms with Gasteiger partial charge in [0.25, 0.3) is 0 Å². The number of nitrogens with zero attached hydrogens (tertiary/aromatic N) is 2. The summed E-state index contributed by atoms with van der Waals surface area (Å²) in [6, 6.07) is 25.2. The summed E-state index contributed by atoms with van der Waals surface area (Å²) in [7, 11) is 0. The van der Waals surface area contributed by atoms with E-state index in [2.05, 4.69) is 71.9 Å². The summed E-state index contributed by atoms with van der Waals surface area (Å²) >= 11 is 0. The molecule has 0 saturated carbocycles. The van der Waals surface area contributed by atoms with Crippen molar-refractivity contribution in [1.29, 1.82) is 0 Å². The molecule has 0 amide bonds. The second kappa shape index (κ2) is 9.91. The number of aromatic hydroxyl groups is 1. The minimum absolute atomic E-state index is 0. The molecule has 5 aromatic rings. The number of phenols is 1. The van der Waals surface area contributed by atoms with Crippen LogP contribution in [0.4, 0.5) is 0 Å². The zero-order chi connectivity index (χ0) is 25.7. The number of pyridine rings is 1. The molecule has 0 aliphatic carbocycles. The van der Waals surface area contributed by atoms with Crippen LogP contribution in [-0.2, 0) is 31.9 Å². The zero-order valence-electron chi connectivity index (χ0n) is 22.0. The summed E-state index contributed by atoms with van der Waals surface area (Å²) in [6.45, 7) is 13.3. The van der Waals surface area contributed by atoms with Gasteiger partial charge in [-0.05, 0) is 40.7 Å². The Morgan fingerprint density at radius 2 is 1.43 bits per heavy atom. The van der Waals surface area contributed by atoms with Gasteiger partial charge in [-0.25, -0.2) is 4.98 Å². The number of oxazole rings is 1. The molecular formula is C32H31N2O2Pt-. The Labute approximate surface area is 233 Å². The SMILES string of the molecule is CC(C)(C)c1cc(-c2cc(C(C)(C)C)ccn2)[c-]c(-c2cccc3oc(-c4ccccc4O)nc23)c1.[Pt]. The second-order valence-electron chi connectivity index (χ2n) is 11.3. The van der Waals surface area contributed by atoms with Crippen LogP contribution >= 0.6 is 0 Å². The van der Waals surface area contributed by atoms with Crippen LogP contribution in [0.25, 0.3) is 44.9 Å². The molecule has 0 aliphatic heterocycles. The Morgan fingerprint density at radius 3 is 2.14 bits per heavy atom. The summed E-state index contributed by atoms with van der Waals surface area (Å²) in [5.74, 6) is 0.529. The van der Waals surface area contributed by atoms with Gasteiger partial charge in [-0.3, -0.25) is 4.98 Å². The number of hydrogen-bond donors (Lipinski definition) is 1. The number of para-hydroxylation sites is 2. The second-order valence-corrected chi connectivity index (χ2v) is 11.3. The van der Waals surface area contributed by atoms with Crippen LogP contribution in [0.1, 0.15) is 52.7 Å².